The third-order valence-electron chi connectivity index (χ3n) is 3.81. The van der Waals surface area contributed by atoms with E-state index in [1.54, 1.807) is 0 Å². The molecule has 1 unspecified atom stereocenters. The number of carboxylic acids is 1. The first-order chi connectivity index (χ1) is 11.0. The van der Waals surface area contributed by atoms with Crippen LogP contribution in [0.2, 0.25) is 0 Å². The maximum atomic E-state index is 10.3. The van der Waals surface area contributed by atoms with E-state index in [2.05, 4.69) is 23.0 Å². The van der Waals surface area contributed by atoms with Crippen LogP contribution in [0.4, 0.5) is 0 Å². The van der Waals surface area contributed by atoms with Crippen molar-refractivity contribution in [3.05, 3.63) is 53.9 Å². The minimum Gasteiger partial charge on any atom is -0.504 e. The van der Waals surface area contributed by atoms with Gasteiger partial charge in [-0.05, 0) is 56.3 Å². The molecule has 1 saturated heterocycles. The Bertz CT molecular complexity index is 661. The largest absolute Gasteiger partial charge is 0.504 e. The van der Waals surface area contributed by atoms with Crippen molar-refractivity contribution in [1.29, 1.82) is 0 Å². The van der Waals surface area contributed by atoms with Gasteiger partial charge in [-0.15, -0.1) is 0 Å². The molecule has 1 fully saturated rings. The van der Waals surface area contributed by atoms with Crippen LogP contribution in [-0.2, 0) is 0 Å². The van der Waals surface area contributed by atoms with E-state index in [1.165, 1.54) is 31.0 Å². The summed E-state index contributed by atoms with van der Waals surface area (Å²) in [5, 5.41) is 26.0. The van der Waals surface area contributed by atoms with Crippen molar-refractivity contribution >= 4 is 5.97 Å². The van der Waals surface area contributed by atoms with Crippen LogP contribution >= 0.6 is 0 Å². The van der Waals surface area contributed by atoms with Crippen LogP contribution < -0.4 is 0 Å². The molecular weight excluding hydrogens is 296 g/mol. The normalized spacial score (nSPS) is 17.3. The second-order valence-corrected chi connectivity index (χ2v) is 5.43. The molecule has 1 aromatic carbocycles. The molecule has 3 rings (SSSR count). The van der Waals surface area contributed by atoms with Gasteiger partial charge in [0.05, 0.1) is 5.56 Å². The van der Waals surface area contributed by atoms with E-state index in [0.29, 0.717) is 6.04 Å². The highest BCUT2D eigenvalue weighted by atomic mass is 16.4. The Morgan fingerprint density at radius 1 is 1.26 bits per heavy atom. The molecule has 2 heterocycles. The van der Waals surface area contributed by atoms with Crippen LogP contribution in [0.1, 0.15) is 34.8 Å². The van der Waals surface area contributed by atoms with Gasteiger partial charge in [-0.25, -0.2) is 4.79 Å². The number of hydrogen-bond acceptors (Lipinski definition) is 5. The molecule has 122 valence electrons. The monoisotopic (exact) mass is 316 g/mol. The number of aromatic carboxylic acids is 1. The summed E-state index contributed by atoms with van der Waals surface area (Å²) in [6.07, 6.45) is 6.41. The lowest BCUT2D eigenvalue weighted by atomic mass is 10.1. The van der Waals surface area contributed by atoms with Gasteiger partial charge in [0, 0.05) is 18.4 Å². The summed E-state index contributed by atoms with van der Waals surface area (Å²) in [6, 6.07) is 8.10. The first kappa shape index (κ1) is 16.8. The molecule has 0 aliphatic carbocycles. The highest BCUT2D eigenvalue weighted by molar-refractivity contribution is 5.88. The highest BCUT2D eigenvalue weighted by Crippen LogP contribution is 2.29. The molecule has 6 heteroatoms. The molecule has 2 aromatic rings. The number of pyridine rings is 1. The summed E-state index contributed by atoms with van der Waals surface area (Å²) in [4.78, 5) is 16.8. The second kappa shape index (κ2) is 7.60. The number of benzene rings is 1. The lowest BCUT2D eigenvalue weighted by Gasteiger charge is -2.18. The molecule has 0 bridgehead atoms. The highest BCUT2D eigenvalue weighted by Gasteiger charge is 2.21. The third kappa shape index (κ3) is 4.43. The lowest BCUT2D eigenvalue weighted by molar-refractivity contribution is 0.0696. The number of nitrogens with zero attached hydrogens (tertiary/aromatic N) is 2. The maximum Gasteiger partial charge on any atom is 0.335 e. The van der Waals surface area contributed by atoms with Gasteiger partial charge in [0.25, 0.3) is 0 Å². The van der Waals surface area contributed by atoms with Gasteiger partial charge in [0.1, 0.15) is 0 Å². The molecular formula is C17H20N2O4. The fourth-order valence-electron chi connectivity index (χ4n) is 2.56. The Balaban J connectivity index is 0.000000168. The van der Waals surface area contributed by atoms with Gasteiger partial charge in [0.15, 0.2) is 11.5 Å². The van der Waals surface area contributed by atoms with Crippen LogP contribution in [0.5, 0.6) is 11.5 Å². The smallest absolute Gasteiger partial charge is 0.335 e. The molecule has 1 aliphatic heterocycles. The van der Waals surface area contributed by atoms with E-state index in [4.69, 9.17) is 15.3 Å². The third-order valence-corrected chi connectivity index (χ3v) is 3.81. The molecule has 3 N–H and O–H groups in total. The summed E-state index contributed by atoms with van der Waals surface area (Å²) in [5.74, 6) is -1.89. The number of carboxylic acid groups (broad SMARTS) is 1. The minimum atomic E-state index is -1.14. The zero-order valence-corrected chi connectivity index (χ0v) is 12.9. The summed E-state index contributed by atoms with van der Waals surface area (Å²) in [5.41, 5.74) is 1.30. The van der Waals surface area contributed by atoms with E-state index in [1.807, 2.05) is 18.5 Å². The van der Waals surface area contributed by atoms with Crippen LogP contribution in [0.3, 0.4) is 0 Å². The molecule has 0 radical (unpaired) electrons. The summed E-state index contributed by atoms with van der Waals surface area (Å²) < 4.78 is 0. The van der Waals surface area contributed by atoms with Gasteiger partial charge in [-0.2, -0.15) is 0 Å². The predicted molar refractivity (Wildman–Crippen MR) is 85.6 cm³/mol. The molecule has 0 spiro atoms. The standard InChI is InChI=1S/C10H14N2.C7H6O4/c1-12-7-3-5-10(12)9-4-2-6-11-8-9;8-5-2-1-4(7(10)11)3-6(5)9/h2,4,6,8,10H,3,5,7H2,1H3;1-3,8-9H,(H,10,11). The Morgan fingerprint density at radius 3 is 2.57 bits per heavy atom. The first-order valence-corrected chi connectivity index (χ1v) is 7.34. The van der Waals surface area contributed by atoms with Crippen molar-refractivity contribution in [1.82, 2.24) is 9.88 Å². The molecule has 1 aliphatic rings. The van der Waals surface area contributed by atoms with Crippen molar-refractivity contribution in [2.45, 2.75) is 18.9 Å². The Morgan fingerprint density at radius 2 is 2.04 bits per heavy atom. The number of likely N-dealkylation sites (tertiary alicyclic amines) is 1. The fourth-order valence-corrected chi connectivity index (χ4v) is 2.56. The summed E-state index contributed by atoms with van der Waals surface area (Å²) in [6.45, 7) is 1.22. The number of phenols is 2. The van der Waals surface area contributed by atoms with Crippen molar-refractivity contribution in [3.63, 3.8) is 0 Å². The van der Waals surface area contributed by atoms with E-state index < -0.39 is 11.7 Å². The van der Waals surface area contributed by atoms with Crippen molar-refractivity contribution in [2.24, 2.45) is 0 Å². The lowest BCUT2D eigenvalue weighted by Crippen LogP contribution is -2.17. The minimum absolute atomic E-state index is 0.0553. The average molecular weight is 316 g/mol. The summed E-state index contributed by atoms with van der Waals surface area (Å²) >= 11 is 0. The first-order valence-electron chi connectivity index (χ1n) is 7.34. The van der Waals surface area contributed by atoms with Crippen molar-refractivity contribution in [2.75, 3.05) is 13.6 Å². The topological polar surface area (TPSA) is 93.9 Å². The van der Waals surface area contributed by atoms with Gasteiger partial charge in [-0.3, -0.25) is 9.88 Å². The molecule has 6 nitrogen and oxygen atoms in total. The Kier molecular flexibility index (Phi) is 5.54. The SMILES string of the molecule is CN1CCCC1c1cccnc1.O=C(O)c1ccc(O)c(O)c1. The molecule has 0 amide bonds. The quantitative estimate of drug-likeness (QED) is 0.737. The number of aromatic hydroxyl groups is 2. The summed E-state index contributed by atoms with van der Waals surface area (Å²) in [7, 11) is 2.19. The number of aromatic nitrogens is 1. The number of hydrogen-bond donors (Lipinski definition) is 3. The van der Waals surface area contributed by atoms with Crippen molar-refractivity contribution in [3.8, 4) is 11.5 Å². The van der Waals surface area contributed by atoms with Gasteiger partial charge in [0.2, 0.25) is 0 Å². The molecule has 0 saturated carbocycles. The van der Waals surface area contributed by atoms with Crippen LogP contribution in [0, 0.1) is 0 Å². The van der Waals surface area contributed by atoms with Crippen LogP contribution in [-0.4, -0.2) is 44.8 Å². The van der Waals surface area contributed by atoms with Gasteiger partial charge in [-0.1, -0.05) is 6.07 Å². The predicted octanol–water partition coefficient (Wildman–Crippen LogP) is 2.64. The zero-order valence-electron chi connectivity index (χ0n) is 12.9. The van der Waals surface area contributed by atoms with Crippen LogP contribution in [0.25, 0.3) is 0 Å². The average Bonchev–Trinajstić information content (AvgIpc) is 2.97. The van der Waals surface area contributed by atoms with Crippen molar-refractivity contribution < 1.29 is 20.1 Å². The maximum absolute atomic E-state index is 10.3. The number of rotatable bonds is 2. The number of carbonyl (C=O) groups is 1. The van der Waals surface area contributed by atoms with Crippen LogP contribution in [0.15, 0.2) is 42.7 Å². The molecule has 1 aromatic heterocycles. The van der Waals surface area contributed by atoms with E-state index in [0.717, 1.165) is 12.1 Å². The van der Waals surface area contributed by atoms with E-state index in [9.17, 15) is 4.79 Å². The Labute approximate surface area is 134 Å². The fraction of sp³-hybridized carbons (Fsp3) is 0.294. The molecule has 1 atom stereocenters. The second-order valence-electron chi connectivity index (χ2n) is 5.43. The molecule has 23 heavy (non-hydrogen) atoms. The Hall–Kier alpha value is -2.60. The van der Waals surface area contributed by atoms with Gasteiger partial charge >= 0.3 is 5.97 Å². The van der Waals surface area contributed by atoms with E-state index >= 15 is 0 Å². The number of phenolic OH excluding ortho intramolecular Hbond substituents is 2. The zero-order chi connectivity index (χ0) is 16.8. The van der Waals surface area contributed by atoms with Gasteiger partial charge < -0.3 is 15.3 Å². The van der Waals surface area contributed by atoms with E-state index in [-0.39, 0.29) is 11.3 Å².